The van der Waals surface area contributed by atoms with Crippen LogP contribution in [0.25, 0.3) is 0 Å². The van der Waals surface area contributed by atoms with Crippen molar-refractivity contribution in [1.82, 2.24) is 14.8 Å². The van der Waals surface area contributed by atoms with Gasteiger partial charge in [-0.2, -0.15) is 0 Å². The van der Waals surface area contributed by atoms with Crippen molar-refractivity contribution in [2.45, 2.75) is 20.5 Å². The Kier molecular flexibility index (Phi) is 7.36. The number of aryl methyl sites for hydroxylation is 2. The largest absolute Gasteiger partial charge is 0.486 e. The number of nitrogens with one attached hydrogen (secondary N) is 1. The van der Waals surface area contributed by atoms with Crippen molar-refractivity contribution in [3.05, 3.63) is 75.7 Å². The summed E-state index contributed by atoms with van der Waals surface area (Å²) in [5.74, 6) is 0.464. The number of thiazole rings is 1. The first kappa shape index (κ1) is 22.9. The number of carbonyl (C=O) groups excluding carboxylic acids is 2. The van der Waals surface area contributed by atoms with Gasteiger partial charge in [-0.25, -0.2) is 4.98 Å². The quantitative estimate of drug-likeness (QED) is 0.577. The highest BCUT2D eigenvalue weighted by Crippen LogP contribution is 2.22. The van der Waals surface area contributed by atoms with Gasteiger partial charge in [-0.05, 0) is 38.1 Å². The van der Waals surface area contributed by atoms with Crippen LogP contribution in [0.3, 0.4) is 0 Å². The Morgan fingerprint density at radius 1 is 1.03 bits per heavy atom. The molecule has 2 heterocycles. The van der Waals surface area contributed by atoms with E-state index in [4.69, 9.17) is 4.74 Å². The van der Waals surface area contributed by atoms with Crippen molar-refractivity contribution in [2.75, 3.05) is 38.0 Å². The molecular weight excluding hydrogens is 436 g/mol. The Balaban J connectivity index is 1.29. The summed E-state index contributed by atoms with van der Waals surface area (Å²) in [6.45, 7) is 7.03. The highest BCUT2D eigenvalue weighted by atomic mass is 32.1. The Labute approximate surface area is 198 Å². The van der Waals surface area contributed by atoms with E-state index in [-0.39, 0.29) is 11.8 Å². The van der Waals surface area contributed by atoms with Crippen LogP contribution < -0.4 is 10.1 Å². The lowest BCUT2D eigenvalue weighted by Gasteiger charge is -2.34. The fourth-order valence-corrected chi connectivity index (χ4v) is 4.31. The molecule has 0 spiro atoms. The Morgan fingerprint density at radius 3 is 2.45 bits per heavy atom. The fraction of sp³-hybridized carbons (Fsp3) is 0.320. The van der Waals surface area contributed by atoms with Crippen molar-refractivity contribution >= 4 is 28.8 Å². The maximum absolute atomic E-state index is 13.2. The van der Waals surface area contributed by atoms with Gasteiger partial charge in [-0.15, -0.1) is 11.3 Å². The third kappa shape index (κ3) is 6.18. The van der Waals surface area contributed by atoms with Gasteiger partial charge < -0.3 is 15.0 Å². The summed E-state index contributed by atoms with van der Waals surface area (Å²) in [4.78, 5) is 33.9. The average molecular weight is 465 g/mol. The summed E-state index contributed by atoms with van der Waals surface area (Å²) in [5.41, 5.74) is 3.36. The first-order chi connectivity index (χ1) is 16.0. The predicted molar refractivity (Wildman–Crippen MR) is 130 cm³/mol. The summed E-state index contributed by atoms with van der Waals surface area (Å²) in [6, 6.07) is 15.1. The number of ether oxygens (including phenoxy) is 1. The molecule has 2 amide bonds. The van der Waals surface area contributed by atoms with Crippen LogP contribution in [-0.2, 0) is 11.4 Å². The van der Waals surface area contributed by atoms with Crippen LogP contribution in [0.2, 0.25) is 0 Å². The number of anilines is 1. The van der Waals surface area contributed by atoms with Gasteiger partial charge in [-0.1, -0.05) is 29.8 Å². The zero-order valence-corrected chi connectivity index (χ0v) is 19.7. The van der Waals surface area contributed by atoms with Gasteiger partial charge in [0, 0.05) is 37.2 Å². The normalized spacial score (nSPS) is 14.2. The van der Waals surface area contributed by atoms with Gasteiger partial charge >= 0.3 is 0 Å². The maximum atomic E-state index is 13.2. The second kappa shape index (κ2) is 10.6. The number of carbonyl (C=O) groups is 2. The number of piperazine rings is 1. The van der Waals surface area contributed by atoms with Crippen LogP contribution in [0.15, 0.2) is 53.9 Å². The van der Waals surface area contributed by atoms with Crippen LogP contribution in [0.1, 0.15) is 26.6 Å². The van der Waals surface area contributed by atoms with Crippen LogP contribution in [0.4, 0.5) is 5.69 Å². The molecule has 33 heavy (non-hydrogen) atoms. The first-order valence-corrected chi connectivity index (χ1v) is 11.9. The molecule has 2 aromatic carbocycles. The van der Waals surface area contributed by atoms with Crippen molar-refractivity contribution in [2.24, 2.45) is 0 Å². The highest BCUT2D eigenvalue weighted by Gasteiger charge is 2.25. The zero-order chi connectivity index (χ0) is 23.2. The molecule has 1 saturated heterocycles. The summed E-state index contributed by atoms with van der Waals surface area (Å²) in [6.07, 6.45) is 0. The highest BCUT2D eigenvalue weighted by molar-refractivity contribution is 7.09. The molecular formula is C25H28N4O3S. The van der Waals surface area contributed by atoms with Crippen molar-refractivity contribution in [1.29, 1.82) is 0 Å². The molecule has 1 aromatic heterocycles. The lowest BCUT2D eigenvalue weighted by Crippen LogP contribution is -2.50. The summed E-state index contributed by atoms with van der Waals surface area (Å²) in [5, 5.41) is 5.89. The molecule has 172 valence electrons. The monoisotopic (exact) mass is 464 g/mol. The maximum Gasteiger partial charge on any atom is 0.257 e. The van der Waals surface area contributed by atoms with Gasteiger partial charge in [0.2, 0.25) is 5.91 Å². The number of hydrogen-bond donors (Lipinski definition) is 1. The van der Waals surface area contributed by atoms with Gasteiger partial charge in [0.15, 0.2) is 0 Å². The fourth-order valence-electron chi connectivity index (χ4n) is 3.72. The summed E-state index contributed by atoms with van der Waals surface area (Å²) in [7, 11) is 0. The Hall–Kier alpha value is -3.23. The van der Waals surface area contributed by atoms with Gasteiger partial charge in [0.05, 0.1) is 22.8 Å². The predicted octanol–water partition coefficient (Wildman–Crippen LogP) is 3.74. The molecule has 1 fully saturated rings. The smallest absolute Gasteiger partial charge is 0.257 e. The van der Waals surface area contributed by atoms with Gasteiger partial charge in [-0.3, -0.25) is 14.5 Å². The molecule has 4 rings (SSSR count). The number of nitrogens with zero attached hydrogens (tertiary/aromatic N) is 3. The Bertz CT molecular complexity index is 1100. The van der Waals surface area contributed by atoms with E-state index >= 15 is 0 Å². The zero-order valence-electron chi connectivity index (χ0n) is 18.9. The second-order valence-corrected chi connectivity index (χ2v) is 9.19. The van der Waals surface area contributed by atoms with Crippen molar-refractivity contribution < 1.29 is 14.3 Å². The topological polar surface area (TPSA) is 74.8 Å². The van der Waals surface area contributed by atoms with Crippen molar-refractivity contribution in [3.63, 3.8) is 0 Å². The van der Waals surface area contributed by atoms with Crippen LogP contribution in [-0.4, -0.2) is 59.3 Å². The van der Waals surface area contributed by atoms with E-state index in [9.17, 15) is 9.59 Å². The minimum absolute atomic E-state index is 0.0466. The average Bonchev–Trinajstić information content (AvgIpc) is 3.24. The number of para-hydroxylation sites is 1. The molecule has 1 N–H and O–H groups in total. The molecule has 8 heteroatoms. The lowest BCUT2D eigenvalue weighted by molar-refractivity contribution is -0.117. The van der Waals surface area contributed by atoms with Gasteiger partial charge in [0.1, 0.15) is 12.4 Å². The number of rotatable bonds is 7. The van der Waals surface area contributed by atoms with Crippen molar-refractivity contribution in [3.8, 4) is 5.75 Å². The summed E-state index contributed by atoms with van der Waals surface area (Å²) >= 11 is 1.58. The molecule has 0 atom stereocenters. The molecule has 7 nitrogen and oxygen atoms in total. The van der Waals surface area contributed by atoms with Gasteiger partial charge in [0.25, 0.3) is 5.91 Å². The second-order valence-electron chi connectivity index (χ2n) is 8.13. The van der Waals surface area contributed by atoms with E-state index < -0.39 is 0 Å². The third-order valence-corrected chi connectivity index (χ3v) is 6.34. The molecule has 0 radical (unpaired) electrons. The number of hydrogen-bond acceptors (Lipinski definition) is 6. The molecule has 0 saturated carbocycles. The first-order valence-electron chi connectivity index (χ1n) is 11.0. The SMILES string of the molecule is Cc1ccc(NC(=O)CN2CCN(C(=O)c3ccccc3OCc3csc(C)n3)CC2)cc1. The molecule has 1 aliphatic heterocycles. The van der Waals surface area contributed by atoms with E-state index in [0.717, 1.165) is 22.0 Å². The number of aromatic nitrogens is 1. The van der Waals surface area contributed by atoms with E-state index in [1.165, 1.54) is 0 Å². The third-order valence-electron chi connectivity index (χ3n) is 5.52. The summed E-state index contributed by atoms with van der Waals surface area (Å²) < 4.78 is 5.92. The minimum Gasteiger partial charge on any atom is -0.486 e. The number of benzene rings is 2. The number of amides is 2. The van der Waals surface area contributed by atoms with E-state index in [2.05, 4.69) is 15.2 Å². The Morgan fingerprint density at radius 2 is 1.76 bits per heavy atom. The molecule has 0 unspecified atom stereocenters. The van der Waals surface area contributed by atoms with E-state index in [0.29, 0.717) is 50.6 Å². The lowest BCUT2D eigenvalue weighted by atomic mass is 10.1. The minimum atomic E-state index is -0.0520. The molecule has 3 aromatic rings. The molecule has 1 aliphatic rings. The van der Waals surface area contributed by atoms with E-state index in [1.54, 1.807) is 17.4 Å². The molecule has 0 aliphatic carbocycles. The van der Waals surface area contributed by atoms with Crippen LogP contribution >= 0.6 is 11.3 Å². The van der Waals surface area contributed by atoms with E-state index in [1.807, 2.05) is 66.6 Å². The molecule has 0 bridgehead atoms. The van der Waals surface area contributed by atoms with Crippen LogP contribution in [0, 0.1) is 13.8 Å². The standard InChI is InChI=1S/C25H28N4O3S/c1-18-7-9-20(10-8-18)27-24(30)15-28-11-13-29(14-12-28)25(31)22-5-3-4-6-23(22)32-16-21-17-33-19(2)26-21/h3-10,17H,11-16H2,1-2H3,(H,27,30). The van der Waals surface area contributed by atoms with Crippen LogP contribution in [0.5, 0.6) is 5.75 Å².